The van der Waals surface area contributed by atoms with Crippen molar-refractivity contribution in [2.75, 3.05) is 7.11 Å². The van der Waals surface area contributed by atoms with Gasteiger partial charge >= 0.3 is 5.97 Å². The van der Waals surface area contributed by atoms with Crippen LogP contribution in [0, 0.1) is 17.8 Å². The third kappa shape index (κ3) is 5.02. The van der Waals surface area contributed by atoms with Crippen LogP contribution in [0.1, 0.15) is 36.5 Å². The second kappa shape index (κ2) is 9.76. The molecule has 2 nitrogen and oxygen atoms in total. The van der Waals surface area contributed by atoms with Crippen LogP contribution in [0.5, 0.6) is 0 Å². The lowest BCUT2D eigenvalue weighted by atomic mass is 9.95. The van der Waals surface area contributed by atoms with Crippen molar-refractivity contribution in [3.8, 4) is 11.8 Å². The summed E-state index contributed by atoms with van der Waals surface area (Å²) in [6, 6.07) is 23.0. The van der Waals surface area contributed by atoms with Crippen molar-refractivity contribution in [2.45, 2.75) is 32.6 Å². The molecule has 0 aliphatic rings. The van der Waals surface area contributed by atoms with E-state index in [-0.39, 0.29) is 11.9 Å². The van der Waals surface area contributed by atoms with Gasteiger partial charge in [-0.25, -0.2) is 0 Å². The van der Waals surface area contributed by atoms with Crippen molar-refractivity contribution in [2.24, 2.45) is 5.92 Å². The summed E-state index contributed by atoms with van der Waals surface area (Å²) >= 11 is 0. The topological polar surface area (TPSA) is 26.3 Å². The minimum atomic E-state index is -0.210. The second-order valence-electron chi connectivity index (χ2n) is 6.96. The monoisotopic (exact) mass is 370 g/mol. The number of ether oxygens (including phenoxy) is 1. The quantitative estimate of drug-likeness (QED) is 0.419. The molecule has 0 heterocycles. The first-order chi connectivity index (χ1) is 13.7. The van der Waals surface area contributed by atoms with Crippen LogP contribution in [0.2, 0.25) is 0 Å². The highest BCUT2D eigenvalue weighted by Gasteiger charge is 2.18. The van der Waals surface area contributed by atoms with Gasteiger partial charge in [0.05, 0.1) is 13.0 Å². The molecule has 0 spiro atoms. The number of benzene rings is 3. The van der Waals surface area contributed by atoms with E-state index in [1.807, 2.05) is 24.3 Å². The average Bonchev–Trinajstić information content (AvgIpc) is 2.76. The molecule has 0 bridgehead atoms. The van der Waals surface area contributed by atoms with Crippen LogP contribution in [-0.4, -0.2) is 13.1 Å². The predicted octanol–water partition coefficient (Wildman–Crippen LogP) is 5.57. The molecule has 0 fully saturated rings. The molecule has 0 amide bonds. The Labute approximate surface area is 167 Å². The lowest BCUT2D eigenvalue weighted by molar-refractivity contribution is -0.145. The summed E-state index contributed by atoms with van der Waals surface area (Å²) in [4.78, 5) is 12.2. The first kappa shape index (κ1) is 19.7. The average molecular weight is 370 g/mol. The van der Waals surface area contributed by atoms with E-state index in [0.29, 0.717) is 6.42 Å². The zero-order valence-electron chi connectivity index (χ0n) is 16.6. The number of rotatable bonds is 6. The molecule has 1 unspecified atom stereocenters. The highest BCUT2D eigenvalue weighted by molar-refractivity contribution is 5.88. The van der Waals surface area contributed by atoms with E-state index in [1.165, 1.54) is 23.6 Å². The third-order valence-electron chi connectivity index (χ3n) is 5.11. The summed E-state index contributed by atoms with van der Waals surface area (Å²) in [5, 5.41) is 2.32. The van der Waals surface area contributed by atoms with Crippen molar-refractivity contribution in [1.29, 1.82) is 0 Å². The number of esters is 1. The number of hydrogen-bond acceptors (Lipinski definition) is 2. The van der Waals surface area contributed by atoms with Crippen LogP contribution >= 0.6 is 0 Å². The summed E-state index contributed by atoms with van der Waals surface area (Å²) in [5.41, 5.74) is 3.57. The molecule has 0 saturated heterocycles. The molecular weight excluding hydrogens is 344 g/mol. The minimum Gasteiger partial charge on any atom is -0.469 e. The molecule has 0 aromatic heterocycles. The Bertz CT molecular complexity index is 985. The Morgan fingerprint density at radius 1 is 0.964 bits per heavy atom. The van der Waals surface area contributed by atoms with E-state index < -0.39 is 0 Å². The number of methoxy groups -OCH3 is 1. The van der Waals surface area contributed by atoms with E-state index in [4.69, 9.17) is 4.74 Å². The van der Waals surface area contributed by atoms with Crippen molar-refractivity contribution in [3.63, 3.8) is 0 Å². The summed E-state index contributed by atoms with van der Waals surface area (Å²) < 4.78 is 5.00. The largest absolute Gasteiger partial charge is 0.469 e. The van der Waals surface area contributed by atoms with Gasteiger partial charge in [-0.15, -0.1) is 0 Å². The smallest absolute Gasteiger partial charge is 0.309 e. The fourth-order valence-corrected chi connectivity index (χ4v) is 3.36. The highest BCUT2D eigenvalue weighted by atomic mass is 16.5. The summed E-state index contributed by atoms with van der Waals surface area (Å²) in [6.45, 7) is 2.15. The van der Waals surface area contributed by atoms with Gasteiger partial charge in [-0.3, -0.25) is 4.79 Å². The summed E-state index contributed by atoms with van der Waals surface area (Å²) in [5.74, 6) is 6.07. The van der Waals surface area contributed by atoms with Gasteiger partial charge in [-0.05, 0) is 47.2 Å². The molecule has 0 aliphatic carbocycles. The molecule has 28 heavy (non-hydrogen) atoms. The first-order valence-electron chi connectivity index (χ1n) is 9.83. The van der Waals surface area contributed by atoms with Crippen LogP contribution in [0.25, 0.3) is 10.8 Å². The Morgan fingerprint density at radius 2 is 1.68 bits per heavy atom. The lowest BCUT2D eigenvalue weighted by Gasteiger charge is -2.12. The fourth-order valence-electron chi connectivity index (χ4n) is 3.36. The van der Waals surface area contributed by atoms with Crippen LogP contribution in [0.4, 0.5) is 0 Å². The lowest BCUT2D eigenvalue weighted by Crippen LogP contribution is -2.16. The highest BCUT2D eigenvalue weighted by Crippen LogP contribution is 2.19. The Hall–Kier alpha value is -3.05. The Balaban J connectivity index is 1.69. The van der Waals surface area contributed by atoms with Gasteiger partial charge in [0.2, 0.25) is 0 Å². The van der Waals surface area contributed by atoms with E-state index in [9.17, 15) is 4.79 Å². The van der Waals surface area contributed by atoms with E-state index in [2.05, 4.69) is 61.2 Å². The molecular formula is C26H26O2. The van der Waals surface area contributed by atoms with Crippen LogP contribution < -0.4 is 0 Å². The molecule has 0 radical (unpaired) electrons. The maximum absolute atomic E-state index is 12.2. The van der Waals surface area contributed by atoms with Gasteiger partial charge in [0.15, 0.2) is 0 Å². The van der Waals surface area contributed by atoms with E-state index in [0.717, 1.165) is 30.2 Å². The molecule has 0 aliphatic heterocycles. The number of carbonyl (C=O) groups is 1. The number of carbonyl (C=O) groups excluding carboxylic acids is 1. The van der Waals surface area contributed by atoms with Crippen LogP contribution in [0.15, 0.2) is 66.7 Å². The van der Waals surface area contributed by atoms with Gasteiger partial charge in [0, 0.05) is 12.0 Å². The van der Waals surface area contributed by atoms with Crippen molar-refractivity contribution in [3.05, 3.63) is 83.4 Å². The van der Waals surface area contributed by atoms with Crippen LogP contribution in [-0.2, 0) is 22.4 Å². The first-order valence-corrected chi connectivity index (χ1v) is 9.83. The Morgan fingerprint density at radius 3 is 2.43 bits per heavy atom. The third-order valence-corrected chi connectivity index (χ3v) is 5.11. The van der Waals surface area contributed by atoms with Gasteiger partial charge < -0.3 is 4.74 Å². The molecule has 1 atom stereocenters. The van der Waals surface area contributed by atoms with Gasteiger partial charge in [0.1, 0.15) is 0 Å². The SMILES string of the molecule is CCc1ccc(CCC(CC#Cc2cccc3ccccc23)C(=O)OC)cc1. The zero-order valence-corrected chi connectivity index (χ0v) is 16.6. The van der Waals surface area contributed by atoms with Crippen molar-refractivity contribution < 1.29 is 9.53 Å². The summed E-state index contributed by atoms with van der Waals surface area (Å²) in [6.07, 6.45) is 3.12. The number of fused-ring (bicyclic) bond motifs is 1. The summed E-state index contributed by atoms with van der Waals surface area (Å²) in [7, 11) is 1.45. The number of hydrogen-bond donors (Lipinski definition) is 0. The maximum Gasteiger partial charge on any atom is 0.309 e. The molecule has 2 heteroatoms. The molecule has 3 rings (SSSR count). The van der Waals surface area contributed by atoms with Gasteiger partial charge in [0.25, 0.3) is 0 Å². The van der Waals surface area contributed by atoms with E-state index in [1.54, 1.807) is 0 Å². The molecule has 3 aromatic carbocycles. The van der Waals surface area contributed by atoms with Crippen LogP contribution in [0.3, 0.4) is 0 Å². The minimum absolute atomic E-state index is 0.183. The zero-order chi connectivity index (χ0) is 19.8. The van der Waals surface area contributed by atoms with Gasteiger partial charge in [-0.2, -0.15) is 0 Å². The molecule has 3 aromatic rings. The van der Waals surface area contributed by atoms with Crippen molar-refractivity contribution >= 4 is 16.7 Å². The normalized spacial score (nSPS) is 11.5. The number of aryl methyl sites for hydroxylation is 2. The van der Waals surface area contributed by atoms with Gasteiger partial charge in [-0.1, -0.05) is 79.4 Å². The second-order valence-corrected chi connectivity index (χ2v) is 6.96. The van der Waals surface area contributed by atoms with E-state index >= 15 is 0 Å². The standard InChI is InChI=1S/C26H26O2/c1-3-20-14-16-21(17-15-20)18-19-24(26(27)28-2)12-7-11-23-10-6-9-22-8-4-5-13-25(22)23/h4-6,8-10,13-17,24H,3,12,18-19H2,1-2H3. The predicted molar refractivity (Wildman–Crippen MR) is 115 cm³/mol. The molecule has 0 saturated carbocycles. The Kier molecular flexibility index (Phi) is 6.87. The maximum atomic E-state index is 12.2. The fraction of sp³-hybridized carbons (Fsp3) is 0.269. The van der Waals surface area contributed by atoms with Crippen molar-refractivity contribution in [1.82, 2.24) is 0 Å². The molecule has 142 valence electrons. The molecule has 0 N–H and O–H groups in total.